The highest BCUT2D eigenvalue weighted by Gasteiger charge is 2.34. The third-order valence-corrected chi connectivity index (χ3v) is 5.60. The van der Waals surface area contributed by atoms with Gasteiger partial charge in [-0.1, -0.05) is 65.7 Å². The molecular formula is C24H16Cl2N2O3S. The minimum Gasteiger partial charge on any atom is -0.488 e. The zero-order valence-corrected chi connectivity index (χ0v) is 18.9. The van der Waals surface area contributed by atoms with Crippen LogP contribution in [0.4, 0.5) is 5.69 Å². The molecule has 0 bridgehead atoms. The minimum absolute atomic E-state index is 0.0327. The van der Waals surface area contributed by atoms with E-state index in [1.807, 2.05) is 6.07 Å². The number of ether oxygens (including phenoxy) is 1. The van der Waals surface area contributed by atoms with E-state index in [1.54, 1.807) is 66.7 Å². The Morgan fingerprint density at radius 2 is 1.69 bits per heavy atom. The summed E-state index contributed by atoms with van der Waals surface area (Å²) in [6.45, 7) is 0.191. The highest BCUT2D eigenvalue weighted by atomic mass is 35.5. The number of para-hydroxylation sites is 2. The topological polar surface area (TPSA) is 58.6 Å². The van der Waals surface area contributed by atoms with E-state index in [1.165, 1.54) is 11.0 Å². The lowest BCUT2D eigenvalue weighted by molar-refractivity contribution is -0.122. The van der Waals surface area contributed by atoms with Crippen molar-refractivity contribution < 1.29 is 14.3 Å². The summed E-state index contributed by atoms with van der Waals surface area (Å²) in [5, 5.41) is 3.63. The summed E-state index contributed by atoms with van der Waals surface area (Å²) in [7, 11) is 0. The van der Waals surface area contributed by atoms with Crippen LogP contribution in [-0.4, -0.2) is 16.9 Å². The van der Waals surface area contributed by atoms with Gasteiger partial charge in [-0.05, 0) is 48.6 Å². The summed E-state index contributed by atoms with van der Waals surface area (Å²) in [6.07, 6.45) is 1.49. The van der Waals surface area contributed by atoms with Gasteiger partial charge in [0.15, 0.2) is 5.11 Å². The Morgan fingerprint density at radius 1 is 0.969 bits per heavy atom. The van der Waals surface area contributed by atoms with Gasteiger partial charge in [0, 0.05) is 21.2 Å². The number of rotatable bonds is 5. The zero-order valence-electron chi connectivity index (χ0n) is 16.5. The molecule has 2 amide bonds. The average Bonchev–Trinajstić information content (AvgIpc) is 2.77. The second kappa shape index (κ2) is 9.53. The molecule has 5 nitrogen and oxygen atoms in total. The SMILES string of the molecule is O=C1NC(=S)N(c2ccccc2)C(=O)/C1=C\c1ccccc1OCc1ccc(Cl)cc1Cl. The maximum atomic E-state index is 13.2. The number of hydrogen-bond donors (Lipinski definition) is 1. The molecule has 0 atom stereocenters. The van der Waals surface area contributed by atoms with E-state index in [9.17, 15) is 9.59 Å². The Kier molecular flexibility index (Phi) is 6.55. The average molecular weight is 483 g/mol. The Labute approximate surface area is 200 Å². The summed E-state index contributed by atoms with van der Waals surface area (Å²) in [5.41, 5.74) is 1.83. The number of amides is 2. The molecule has 32 heavy (non-hydrogen) atoms. The summed E-state index contributed by atoms with van der Waals surface area (Å²) >= 11 is 17.4. The number of benzene rings is 3. The molecule has 0 aliphatic carbocycles. The van der Waals surface area contributed by atoms with E-state index >= 15 is 0 Å². The van der Waals surface area contributed by atoms with Crippen LogP contribution in [0.15, 0.2) is 78.4 Å². The van der Waals surface area contributed by atoms with Crippen LogP contribution in [0.5, 0.6) is 5.75 Å². The predicted octanol–water partition coefficient (Wildman–Crippen LogP) is 5.40. The van der Waals surface area contributed by atoms with Crippen LogP contribution < -0.4 is 15.0 Å². The molecule has 8 heteroatoms. The van der Waals surface area contributed by atoms with Gasteiger partial charge in [0.1, 0.15) is 17.9 Å². The van der Waals surface area contributed by atoms with Gasteiger partial charge in [-0.2, -0.15) is 0 Å². The van der Waals surface area contributed by atoms with E-state index in [-0.39, 0.29) is 17.3 Å². The van der Waals surface area contributed by atoms with Crippen LogP contribution in [0.1, 0.15) is 11.1 Å². The Morgan fingerprint density at radius 3 is 2.44 bits per heavy atom. The van der Waals surface area contributed by atoms with Crippen LogP contribution in [-0.2, 0) is 16.2 Å². The van der Waals surface area contributed by atoms with E-state index in [0.29, 0.717) is 27.0 Å². The first-order valence-corrected chi connectivity index (χ1v) is 10.7. The van der Waals surface area contributed by atoms with Gasteiger partial charge in [-0.15, -0.1) is 0 Å². The van der Waals surface area contributed by atoms with E-state index in [2.05, 4.69) is 5.32 Å². The van der Waals surface area contributed by atoms with Crippen molar-refractivity contribution >= 4 is 64.1 Å². The summed E-state index contributed by atoms with van der Waals surface area (Å²) < 4.78 is 5.93. The molecule has 0 spiro atoms. The van der Waals surface area contributed by atoms with Gasteiger partial charge < -0.3 is 4.74 Å². The molecule has 0 radical (unpaired) electrons. The van der Waals surface area contributed by atoms with Gasteiger partial charge in [0.2, 0.25) is 0 Å². The molecule has 1 heterocycles. The van der Waals surface area contributed by atoms with Crippen LogP contribution in [0, 0.1) is 0 Å². The molecule has 1 fully saturated rings. The second-order valence-corrected chi connectivity index (χ2v) is 8.09. The Hall–Kier alpha value is -3.19. The monoisotopic (exact) mass is 482 g/mol. The van der Waals surface area contributed by atoms with Crippen molar-refractivity contribution in [1.29, 1.82) is 0 Å². The number of thiocarbonyl (C=S) groups is 1. The number of carbonyl (C=O) groups is 2. The largest absolute Gasteiger partial charge is 0.488 e. The quantitative estimate of drug-likeness (QED) is 0.300. The lowest BCUT2D eigenvalue weighted by Crippen LogP contribution is -2.54. The van der Waals surface area contributed by atoms with Crippen molar-refractivity contribution in [2.24, 2.45) is 0 Å². The maximum absolute atomic E-state index is 13.2. The van der Waals surface area contributed by atoms with Crippen molar-refractivity contribution in [1.82, 2.24) is 5.32 Å². The number of hydrogen-bond acceptors (Lipinski definition) is 4. The van der Waals surface area contributed by atoms with Crippen molar-refractivity contribution in [3.05, 3.63) is 99.5 Å². The third kappa shape index (κ3) is 4.67. The number of halogens is 2. The fourth-order valence-electron chi connectivity index (χ4n) is 3.15. The molecule has 160 valence electrons. The number of carbonyl (C=O) groups excluding carboxylic acids is 2. The standard InChI is InChI=1S/C24H16Cl2N2O3S/c25-17-11-10-16(20(26)13-17)14-31-21-9-5-4-6-15(21)12-19-22(29)27-24(32)28(23(19)30)18-7-2-1-3-8-18/h1-13H,14H2,(H,27,29,32)/b19-12-. The molecule has 4 rings (SSSR count). The summed E-state index contributed by atoms with van der Waals surface area (Å²) in [6, 6.07) is 21.1. The molecule has 1 aliphatic rings. The first-order chi connectivity index (χ1) is 15.4. The lowest BCUT2D eigenvalue weighted by Gasteiger charge is -2.28. The van der Waals surface area contributed by atoms with Crippen molar-refractivity contribution in [3.8, 4) is 5.75 Å². The third-order valence-electron chi connectivity index (χ3n) is 4.73. The molecule has 3 aromatic carbocycles. The fraction of sp³-hybridized carbons (Fsp3) is 0.0417. The van der Waals surface area contributed by atoms with Crippen molar-refractivity contribution in [2.75, 3.05) is 4.90 Å². The van der Waals surface area contributed by atoms with Crippen LogP contribution >= 0.6 is 35.4 Å². The van der Waals surface area contributed by atoms with Crippen molar-refractivity contribution in [3.63, 3.8) is 0 Å². The second-order valence-electron chi connectivity index (χ2n) is 6.86. The van der Waals surface area contributed by atoms with Gasteiger partial charge in [0.05, 0.1) is 5.69 Å². The molecule has 0 unspecified atom stereocenters. The number of nitrogens with one attached hydrogen (secondary N) is 1. The van der Waals surface area contributed by atoms with E-state index in [0.717, 1.165) is 5.56 Å². The minimum atomic E-state index is -0.567. The Bertz CT molecular complexity index is 1250. The smallest absolute Gasteiger partial charge is 0.270 e. The maximum Gasteiger partial charge on any atom is 0.270 e. The van der Waals surface area contributed by atoms with Crippen LogP contribution in [0.25, 0.3) is 6.08 Å². The summed E-state index contributed by atoms with van der Waals surface area (Å²) in [4.78, 5) is 27.0. The fourth-order valence-corrected chi connectivity index (χ4v) is 3.89. The van der Waals surface area contributed by atoms with Gasteiger partial charge in [0.25, 0.3) is 11.8 Å². The number of nitrogens with zero attached hydrogens (tertiary/aromatic N) is 1. The Balaban J connectivity index is 1.63. The van der Waals surface area contributed by atoms with Crippen LogP contribution in [0.3, 0.4) is 0 Å². The first kappa shape index (κ1) is 22.0. The first-order valence-electron chi connectivity index (χ1n) is 9.56. The molecule has 0 saturated carbocycles. The van der Waals surface area contributed by atoms with E-state index < -0.39 is 11.8 Å². The van der Waals surface area contributed by atoms with Gasteiger partial charge >= 0.3 is 0 Å². The summed E-state index contributed by atoms with van der Waals surface area (Å²) in [5.74, 6) is -0.589. The van der Waals surface area contributed by atoms with Gasteiger partial charge in [-0.25, -0.2) is 0 Å². The normalized spacial score (nSPS) is 15.1. The van der Waals surface area contributed by atoms with Gasteiger partial charge in [-0.3, -0.25) is 19.8 Å². The molecular weight excluding hydrogens is 467 g/mol. The highest BCUT2D eigenvalue weighted by Crippen LogP contribution is 2.27. The van der Waals surface area contributed by atoms with Crippen LogP contribution in [0.2, 0.25) is 10.0 Å². The predicted molar refractivity (Wildman–Crippen MR) is 130 cm³/mol. The molecule has 1 saturated heterocycles. The molecule has 3 aromatic rings. The van der Waals surface area contributed by atoms with Crippen molar-refractivity contribution in [2.45, 2.75) is 6.61 Å². The molecule has 0 aromatic heterocycles. The zero-order chi connectivity index (χ0) is 22.7. The molecule has 1 N–H and O–H groups in total. The lowest BCUT2D eigenvalue weighted by atomic mass is 10.1. The molecule has 1 aliphatic heterocycles. The number of anilines is 1. The highest BCUT2D eigenvalue weighted by molar-refractivity contribution is 7.80. The van der Waals surface area contributed by atoms with E-state index in [4.69, 9.17) is 40.2 Å².